The van der Waals surface area contributed by atoms with Gasteiger partial charge in [-0.15, -0.1) is 12.4 Å². The fourth-order valence-corrected chi connectivity index (χ4v) is 1.92. The maximum atomic E-state index is 12.0. The summed E-state index contributed by atoms with van der Waals surface area (Å²) < 4.78 is 5.05. The Morgan fingerprint density at radius 1 is 1.56 bits per heavy atom. The Hall–Kier alpha value is -0.810. The number of carbonyl (C=O) groups excluding carboxylic acids is 2. The van der Waals surface area contributed by atoms with Crippen molar-refractivity contribution in [2.45, 2.75) is 45.8 Å². The number of hydrogen-bond acceptors (Lipinski definition) is 4. The second-order valence-corrected chi connectivity index (χ2v) is 4.57. The maximum Gasteiger partial charge on any atom is 0.308 e. The van der Waals surface area contributed by atoms with E-state index in [9.17, 15) is 9.59 Å². The van der Waals surface area contributed by atoms with Gasteiger partial charge in [-0.05, 0) is 20.3 Å². The molecule has 1 amide bonds. The summed E-state index contributed by atoms with van der Waals surface area (Å²) in [4.78, 5) is 25.3. The first kappa shape index (κ1) is 17.2. The number of amides is 1. The molecule has 1 heterocycles. The minimum Gasteiger partial charge on any atom is -0.463 e. The molecule has 0 aliphatic carbocycles. The molecule has 1 fully saturated rings. The summed E-state index contributed by atoms with van der Waals surface area (Å²) in [5, 5.41) is 3.07. The third-order valence-corrected chi connectivity index (χ3v) is 2.61. The predicted octanol–water partition coefficient (Wildman–Crippen LogP) is 0.960. The molecule has 0 aromatic heterocycles. The van der Waals surface area contributed by atoms with E-state index in [4.69, 9.17) is 4.74 Å². The molecule has 0 aromatic rings. The fourth-order valence-electron chi connectivity index (χ4n) is 1.92. The summed E-state index contributed by atoms with van der Waals surface area (Å²) >= 11 is 0. The summed E-state index contributed by atoms with van der Waals surface area (Å²) in [5.74, 6) is -0.303. The third-order valence-electron chi connectivity index (χ3n) is 2.61. The summed E-state index contributed by atoms with van der Waals surface area (Å²) in [7, 11) is 0. The zero-order valence-electron chi connectivity index (χ0n) is 11.3. The number of hydrogen-bond donors (Lipinski definition) is 1. The Morgan fingerprint density at radius 2 is 2.22 bits per heavy atom. The van der Waals surface area contributed by atoms with Crippen molar-refractivity contribution in [2.75, 3.05) is 19.6 Å². The summed E-state index contributed by atoms with van der Waals surface area (Å²) in [6, 6.07) is -0.415. The van der Waals surface area contributed by atoms with Gasteiger partial charge < -0.3 is 15.0 Å². The Kier molecular flexibility index (Phi) is 7.95. The van der Waals surface area contributed by atoms with Crippen LogP contribution >= 0.6 is 12.4 Å². The molecule has 0 bridgehead atoms. The van der Waals surface area contributed by atoms with Crippen molar-refractivity contribution >= 4 is 24.3 Å². The molecule has 18 heavy (non-hydrogen) atoms. The van der Waals surface area contributed by atoms with Gasteiger partial charge in [-0.2, -0.15) is 0 Å². The lowest BCUT2D eigenvalue weighted by atomic mass is 10.1. The van der Waals surface area contributed by atoms with E-state index >= 15 is 0 Å². The number of rotatable bonds is 5. The van der Waals surface area contributed by atoms with E-state index in [2.05, 4.69) is 5.32 Å². The molecule has 0 saturated carbocycles. The van der Waals surface area contributed by atoms with Crippen molar-refractivity contribution in [3.63, 3.8) is 0 Å². The Balaban J connectivity index is 0.00000289. The molecule has 1 unspecified atom stereocenters. The normalized spacial score (nSPS) is 19.7. The van der Waals surface area contributed by atoms with Gasteiger partial charge in [-0.1, -0.05) is 6.92 Å². The molecule has 0 aromatic carbocycles. The number of piperazine rings is 1. The lowest BCUT2D eigenvalue weighted by Crippen LogP contribution is -2.55. The molecule has 1 N–H and O–H groups in total. The van der Waals surface area contributed by atoms with Crippen molar-refractivity contribution in [1.82, 2.24) is 10.2 Å². The van der Waals surface area contributed by atoms with Gasteiger partial charge in [0, 0.05) is 19.6 Å². The highest BCUT2D eigenvalue weighted by Gasteiger charge is 2.30. The van der Waals surface area contributed by atoms with Crippen LogP contribution in [0.4, 0.5) is 0 Å². The largest absolute Gasteiger partial charge is 0.463 e. The van der Waals surface area contributed by atoms with Crippen molar-refractivity contribution in [3.8, 4) is 0 Å². The predicted molar refractivity (Wildman–Crippen MR) is 71.8 cm³/mol. The summed E-state index contributed by atoms with van der Waals surface area (Å²) in [6.07, 6.45) is 0.930. The van der Waals surface area contributed by atoms with E-state index in [1.807, 2.05) is 11.8 Å². The molecule has 0 radical (unpaired) electrons. The first-order chi connectivity index (χ1) is 8.04. The summed E-state index contributed by atoms with van der Waals surface area (Å²) in [6.45, 7) is 7.87. The quantitative estimate of drug-likeness (QED) is 0.761. The molecule has 1 aliphatic heterocycles. The SMILES string of the molecule is CCCN1CCNC(CC(=O)OC(C)C)C1=O.Cl. The summed E-state index contributed by atoms with van der Waals surface area (Å²) in [5.41, 5.74) is 0. The molecule has 6 heteroatoms. The van der Waals surface area contributed by atoms with E-state index < -0.39 is 6.04 Å². The average Bonchev–Trinajstić information content (AvgIpc) is 2.23. The minimum absolute atomic E-state index is 0. The highest BCUT2D eigenvalue weighted by Crippen LogP contribution is 2.07. The zero-order chi connectivity index (χ0) is 12.8. The van der Waals surface area contributed by atoms with Crippen LogP contribution in [0.2, 0.25) is 0 Å². The van der Waals surface area contributed by atoms with Gasteiger partial charge in [0.15, 0.2) is 0 Å². The van der Waals surface area contributed by atoms with E-state index in [1.165, 1.54) is 0 Å². The molecule has 5 nitrogen and oxygen atoms in total. The Bertz CT molecular complexity index is 282. The van der Waals surface area contributed by atoms with Crippen LogP contribution in [-0.4, -0.2) is 48.6 Å². The molecule has 1 aliphatic rings. The number of nitrogens with one attached hydrogen (secondary N) is 1. The molecule has 1 saturated heterocycles. The molecule has 1 atom stereocenters. The lowest BCUT2D eigenvalue weighted by Gasteiger charge is -2.32. The smallest absolute Gasteiger partial charge is 0.308 e. The lowest BCUT2D eigenvalue weighted by molar-refractivity contribution is -0.151. The van der Waals surface area contributed by atoms with Gasteiger partial charge in [0.1, 0.15) is 0 Å². The van der Waals surface area contributed by atoms with Crippen LogP contribution in [0, 0.1) is 0 Å². The monoisotopic (exact) mass is 278 g/mol. The highest BCUT2D eigenvalue weighted by molar-refractivity contribution is 5.87. The van der Waals surface area contributed by atoms with Crippen LogP contribution in [-0.2, 0) is 14.3 Å². The molecular weight excluding hydrogens is 256 g/mol. The maximum absolute atomic E-state index is 12.0. The number of carbonyl (C=O) groups is 2. The van der Waals surface area contributed by atoms with Gasteiger partial charge >= 0.3 is 5.97 Å². The first-order valence-electron chi connectivity index (χ1n) is 6.26. The van der Waals surface area contributed by atoms with Crippen molar-refractivity contribution in [2.24, 2.45) is 0 Å². The second kappa shape index (κ2) is 8.32. The van der Waals surface area contributed by atoms with Gasteiger partial charge in [-0.3, -0.25) is 9.59 Å². The zero-order valence-corrected chi connectivity index (χ0v) is 12.1. The van der Waals surface area contributed by atoms with Crippen molar-refractivity contribution in [1.29, 1.82) is 0 Å². The second-order valence-electron chi connectivity index (χ2n) is 4.57. The van der Waals surface area contributed by atoms with Crippen LogP contribution < -0.4 is 5.32 Å². The van der Waals surface area contributed by atoms with Gasteiger partial charge in [0.2, 0.25) is 5.91 Å². The third kappa shape index (κ3) is 5.23. The van der Waals surface area contributed by atoms with Crippen LogP contribution in [0.1, 0.15) is 33.6 Å². The molecule has 1 rings (SSSR count). The van der Waals surface area contributed by atoms with Crippen LogP contribution in [0.15, 0.2) is 0 Å². The number of esters is 1. The Morgan fingerprint density at radius 3 is 2.78 bits per heavy atom. The number of ether oxygens (including phenoxy) is 1. The standard InChI is InChI=1S/C12H22N2O3.ClH/c1-4-6-14-7-5-13-10(12(14)16)8-11(15)17-9(2)3;/h9-10,13H,4-8H2,1-3H3;1H. The molecular formula is C12H23ClN2O3. The topological polar surface area (TPSA) is 58.6 Å². The number of nitrogens with zero attached hydrogens (tertiary/aromatic N) is 1. The first-order valence-corrected chi connectivity index (χ1v) is 6.26. The van der Waals surface area contributed by atoms with Crippen LogP contribution in [0.3, 0.4) is 0 Å². The van der Waals surface area contributed by atoms with E-state index in [-0.39, 0.29) is 36.8 Å². The van der Waals surface area contributed by atoms with Crippen LogP contribution in [0.25, 0.3) is 0 Å². The highest BCUT2D eigenvalue weighted by atomic mass is 35.5. The Labute approximate surface area is 115 Å². The van der Waals surface area contributed by atoms with E-state index in [0.717, 1.165) is 26.1 Å². The minimum atomic E-state index is -0.415. The van der Waals surface area contributed by atoms with E-state index in [0.29, 0.717) is 0 Å². The van der Waals surface area contributed by atoms with Gasteiger partial charge in [0.05, 0.1) is 18.6 Å². The van der Waals surface area contributed by atoms with Gasteiger partial charge in [0.25, 0.3) is 0 Å². The molecule has 106 valence electrons. The van der Waals surface area contributed by atoms with Gasteiger partial charge in [-0.25, -0.2) is 0 Å². The fraction of sp³-hybridized carbons (Fsp3) is 0.833. The average molecular weight is 279 g/mol. The van der Waals surface area contributed by atoms with Crippen molar-refractivity contribution in [3.05, 3.63) is 0 Å². The van der Waals surface area contributed by atoms with Crippen LogP contribution in [0.5, 0.6) is 0 Å². The van der Waals surface area contributed by atoms with Crippen molar-refractivity contribution < 1.29 is 14.3 Å². The molecule has 0 spiro atoms. The number of halogens is 1. The van der Waals surface area contributed by atoms with E-state index in [1.54, 1.807) is 13.8 Å².